The maximum absolute atomic E-state index is 12.1. The van der Waals surface area contributed by atoms with E-state index in [2.05, 4.69) is 11.4 Å². The van der Waals surface area contributed by atoms with Crippen molar-refractivity contribution >= 4 is 35.1 Å². The van der Waals surface area contributed by atoms with Crippen LogP contribution in [0.3, 0.4) is 0 Å². The maximum atomic E-state index is 12.1. The van der Waals surface area contributed by atoms with Gasteiger partial charge in [-0.25, -0.2) is 0 Å². The van der Waals surface area contributed by atoms with Gasteiger partial charge in [0.1, 0.15) is 0 Å². The van der Waals surface area contributed by atoms with Gasteiger partial charge in [-0.2, -0.15) is 5.26 Å². The van der Waals surface area contributed by atoms with E-state index in [1.807, 2.05) is 55.5 Å². The molecule has 0 heterocycles. The summed E-state index contributed by atoms with van der Waals surface area (Å²) in [6, 6.07) is 17.7. The molecule has 2 aromatic rings. The maximum Gasteiger partial charge on any atom is 0.234 e. The lowest BCUT2D eigenvalue weighted by Gasteiger charge is -2.10. The first kappa shape index (κ1) is 16.5. The number of aryl methyl sites for hydroxylation is 1. The fraction of sp³-hybridized carbons (Fsp3) is 0.176. The molecule has 3 nitrogen and oxygen atoms in total. The van der Waals surface area contributed by atoms with E-state index >= 15 is 0 Å². The summed E-state index contributed by atoms with van der Waals surface area (Å²) in [5.41, 5.74) is 1.93. The molecular weight excluding hydrogens is 312 g/mol. The molecule has 0 saturated heterocycles. The number of thioether (sulfide) groups is 2. The number of nitriles is 1. The highest BCUT2D eigenvalue weighted by molar-refractivity contribution is 8.00. The van der Waals surface area contributed by atoms with Crippen molar-refractivity contribution in [3.8, 4) is 6.07 Å². The highest BCUT2D eigenvalue weighted by Crippen LogP contribution is 2.27. The van der Waals surface area contributed by atoms with Gasteiger partial charge in [-0.3, -0.25) is 4.79 Å². The quantitative estimate of drug-likeness (QED) is 0.801. The highest BCUT2D eigenvalue weighted by atomic mass is 32.2. The lowest BCUT2D eigenvalue weighted by Crippen LogP contribution is -2.14. The molecule has 1 amide bonds. The van der Waals surface area contributed by atoms with Gasteiger partial charge in [0.25, 0.3) is 0 Å². The minimum atomic E-state index is -0.0433. The molecule has 1 N–H and O–H groups in total. The second kappa shape index (κ2) is 8.52. The Balaban J connectivity index is 1.95. The average molecular weight is 328 g/mol. The molecule has 0 fully saturated rings. The first-order valence-corrected chi connectivity index (χ1v) is 8.75. The normalized spacial score (nSPS) is 10.0. The predicted octanol–water partition coefficient (Wildman–Crippen LogP) is 4.34. The standard InChI is InChI=1S/C17H16N2OS2/c1-13-6-2-4-8-15(13)22-12-17(20)19-14-7-3-5-9-16(14)21-11-10-18/h2-9H,11-12H2,1H3,(H,19,20). The second-order valence-corrected chi connectivity index (χ2v) is 6.58. The van der Waals surface area contributed by atoms with Crippen LogP contribution >= 0.6 is 23.5 Å². The first-order valence-electron chi connectivity index (χ1n) is 6.78. The van der Waals surface area contributed by atoms with Crippen molar-refractivity contribution in [2.75, 3.05) is 16.8 Å². The number of nitrogens with one attached hydrogen (secondary N) is 1. The molecule has 0 aliphatic heterocycles. The third-order valence-electron chi connectivity index (χ3n) is 2.91. The zero-order valence-electron chi connectivity index (χ0n) is 12.2. The molecule has 2 rings (SSSR count). The fourth-order valence-electron chi connectivity index (χ4n) is 1.85. The van der Waals surface area contributed by atoms with Crippen LogP contribution in [0.4, 0.5) is 5.69 Å². The summed E-state index contributed by atoms with van der Waals surface area (Å²) in [6.07, 6.45) is 0. The smallest absolute Gasteiger partial charge is 0.234 e. The van der Waals surface area contributed by atoms with Crippen LogP contribution in [0, 0.1) is 18.3 Å². The zero-order chi connectivity index (χ0) is 15.8. The van der Waals surface area contributed by atoms with Crippen LogP contribution in [0.15, 0.2) is 58.3 Å². The van der Waals surface area contributed by atoms with Crippen molar-refractivity contribution in [1.82, 2.24) is 0 Å². The molecule has 0 aromatic heterocycles. The van der Waals surface area contributed by atoms with Crippen molar-refractivity contribution in [2.45, 2.75) is 16.7 Å². The van der Waals surface area contributed by atoms with Gasteiger partial charge in [0, 0.05) is 9.79 Å². The molecule has 0 saturated carbocycles. The number of hydrogen-bond acceptors (Lipinski definition) is 4. The van der Waals surface area contributed by atoms with E-state index in [0.29, 0.717) is 11.5 Å². The molecule has 0 unspecified atom stereocenters. The molecule has 0 spiro atoms. The number of hydrogen-bond donors (Lipinski definition) is 1. The molecule has 5 heteroatoms. The molecule has 0 bridgehead atoms. The van der Waals surface area contributed by atoms with Crippen molar-refractivity contribution in [3.63, 3.8) is 0 Å². The Morgan fingerprint density at radius 2 is 1.77 bits per heavy atom. The number of carbonyl (C=O) groups is 1. The van der Waals surface area contributed by atoms with Gasteiger partial charge in [0.15, 0.2) is 0 Å². The Kier molecular flexibility index (Phi) is 6.38. The summed E-state index contributed by atoms with van der Waals surface area (Å²) in [6.45, 7) is 2.04. The SMILES string of the molecule is Cc1ccccc1SCC(=O)Nc1ccccc1SCC#N. The Hall–Kier alpha value is -1.90. The van der Waals surface area contributed by atoms with E-state index in [-0.39, 0.29) is 5.91 Å². The van der Waals surface area contributed by atoms with E-state index < -0.39 is 0 Å². The van der Waals surface area contributed by atoms with Gasteiger partial charge in [0.2, 0.25) is 5.91 Å². The minimum Gasteiger partial charge on any atom is -0.324 e. The summed E-state index contributed by atoms with van der Waals surface area (Å²) < 4.78 is 0. The third-order valence-corrected chi connectivity index (χ3v) is 5.02. The minimum absolute atomic E-state index is 0.0433. The summed E-state index contributed by atoms with van der Waals surface area (Å²) in [5, 5.41) is 11.6. The molecule has 2 aromatic carbocycles. The van der Waals surface area contributed by atoms with Crippen LogP contribution in [-0.4, -0.2) is 17.4 Å². The molecule has 112 valence electrons. The van der Waals surface area contributed by atoms with Gasteiger partial charge in [-0.15, -0.1) is 23.5 Å². The van der Waals surface area contributed by atoms with Gasteiger partial charge in [-0.1, -0.05) is 30.3 Å². The van der Waals surface area contributed by atoms with Crippen molar-refractivity contribution in [3.05, 3.63) is 54.1 Å². The van der Waals surface area contributed by atoms with E-state index in [1.54, 1.807) is 0 Å². The molecule has 22 heavy (non-hydrogen) atoms. The average Bonchev–Trinajstić information content (AvgIpc) is 2.53. The molecular formula is C17H16N2OS2. The summed E-state index contributed by atoms with van der Waals surface area (Å²) in [4.78, 5) is 14.1. The number of para-hydroxylation sites is 1. The van der Waals surface area contributed by atoms with E-state index in [4.69, 9.17) is 5.26 Å². The molecule has 0 atom stereocenters. The Labute approximate surface area is 139 Å². The van der Waals surface area contributed by atoms with Crippen LogP contribution in [0.1, 0.15) is 5.56 Å². The number of amides is 1. The van der Waals surface area contributed by atoms with Crippen LogP contribution in [-0.2, 0) is 4.79 Å². The third kappa shape index (κ3) is 4.83. The van der Waals surface area contributed by atoms with Crippen LogP contribution < -0.4 is 5.32 Å². The predicted molar refractivity (Wildman–Crippen MR) is 93.3 cm³/mol. The summed E-state index contributed by atoms with van der Waals surface area (Å²) >= 11 is 2.95. The van der Waals surface area contributed by atoms with Crippen molar-refractivity contribution in [2.24, 2.45) is 0 Å². The largest absolute Gasteiger partial charge is 0.324 e. The lowest BCUT2D eigenvalue weighted by molar-refractivity contribution is -0.113. The van der Waals surface area contributed by atoms with E-state index in [1.165, 1.54) is 29.1 Å². The first-order chi connectivity index (χ1) is 10.7. The molecule has 0 radical (unpaired) electrons. The van der Waals surface area contributed by atoms with E-state index in [0.717, 1.165) is 15.5 Å². The number of nitrogens with zero attached hydrogens (tertiary/aromatic N) is 1. The zero-order valence-corrected chi connectivity index (χ0v) is 13.8. The summed E-state index contributed by atoms with van der Waals surface area (Å²) in [7, 11) is 0. The molecule has 0 aliphatic carbocycles. The number of rotatable bonds is 6. The van der Waals surface area contributed by atoms with Gasteiger partial charge in [-0.05, 0) is 30.7 Å². The van der Waals surface area contributed by atoms with Gasteiger partial charge in [0.05, 0.1) is 23.3 Å². The number of carbonyl (C=O) groups excluding carboxylic acids is 1. The van der Waals surface area contributed by atoms with E-state index in [9.17, 15) is 4.79 Å². The number of benzene rings is 2. The van der Waals surface area contributed by atoms with Gasteiger partial charge < -0.3 is 5.32 Å². The Morgan fingerprint density at radius 1 is 1.09 bits per heavy atom. The van der Waals surface area contributed by atoms with Gasteiger partial charge >= 0.3 is 0 Å². The Morgan fingerprint density at radius 3 is 2.50 bits per heavy atom. The molecule has 0 aliphatic rings. The second-order valence-electron chi connectivity index (χ2n) is 4.55. The lowest BCUT2D eigenvalue weighted by atomic mass is 10.2. The van der Waals surface area contributed by atoms with Crippen LogP contribution in [0.5, 0.6) is 0 Å². The highest BCUT2D eigenvalue weighted by Gasteiger charge is 2.08. The van der Waals surface area contributed by atoms with Crippen LogP contribution in [0.25, 0.3) is 0 Å². The monoisotopic (exact) mass is 328 g/mol. The Bertz CT molecular complexity index is 695. The van der Waals surface area contributed by atoms with Crippen molar-refractivity contribution < 1.29 is 4.79 Å². The van der Waals surface area contributed by atoms with Crippen LogP contribution in [0.2, 0.25) is 0 Å². The topological polar surface area (TPSA) is 52.9 Å². The number of anilines is 1. The summed E-state index contributed by atoms with van der Waals surface area (Å²) in [5.74, 6) is 0.686. The fourth-order valence-corrected chi connectivity index (χ4v) is 3.35. The van der Waals surface area contributed by atoms with Crippen molar-refractivity contribution in [1.29, 1.82) is 5.26 Å².